The Balaban J connectivity index is 1.62. The fraction of sp³-hybridized carbons (Fsp3) is 0.467. The molecular formula is C15H20N4O2. The van der Waals surface area contributed by atoms with Gasteiger partial charge in [0, 0.05) is 26.7 Å². The molecule has 1 unspecified atom stereocenters. The van der Waals surface area contributed by atoms with Crippen molar-refractivity contribution >= 4 is 0 Å². The summed E-state index contributed by atoms with van der Waals surface area (Å²) in [4.78, 5) is 2.24. The molecule has 2 N–H and O–H groups in total. The molecular weight excluding hydrogens is 268 g/mol. The minimum absolute atomic E-state index is 0.583. The summed E-state index contributed by atoms with van der Waals surface area (Å²) in [6, 6.07) is 8.39. The molecule has 1 aromatic carbocycles. The van der Waals surface area contributed by atoms with Crippen LogP contribution >= 0.6 is 0 Å². The van der Waals surface area contributed by atoms with Gasteiger partial charge in [0.2, 0.25) is 0 Å². The maximum Gasteiger partial charge on any atom is 0.124 e. The standard InChI is InChI=1S/C15H20N4O2/c1-21-10-13-4-2-12(3-5-13)9-19-7-6-15(20,11-19)14-8-16-18-17-14/h2-5,8,20H,6-7,9-11H2,1H3,(H,16,17,18). The number of aliphatic hydroxyl groups is 1. The number of nitrogens with one attached hydrogen (secondary N) is 1. The Kier molecular flexibility index (Phi) is 4.01. The molecule has 6 nitrogen and oxygen atoms in total. The number of β-amino-alcohol motifs (C(OH)–C–C–N with tert-alkyl or cyclic N) is 1. The van der Waals surface area contributed by atoms with Crippen LogP contribution in [-0.4, -0.2) is 45.6 Å². The van der Waals surface area contributed by atoms with Crippen LogP contribution in [0.25, 0.3) is 0 Å². The summed E-state index contributed by atoms with van der Waals surface area (Å²) >= 11 is 0. The number of aromatic nitrogens is 3. The minimum Gasteiger partial charge on any atom is -0.382 e. The van der Waals surface area contributed by atoms with Crippen molar-refractivity contribution < 1.29 is 9.84 Å². The van der Waals surface area contributed by atoms with Crippen LogP contribution in [0.3, 0.4) is 0 Å². The molecule has 6 heteroatoms. The molecule has 112 valence electrons. The fourth-order valence-corrected chi connectivity index (χ4v) is 2.81. The molecule has 1 atom stereocenters. The number of methoxy groups -OCH3 is 1. The summed E-state index contributed by atoms with van der Waals surface area (Å²) in [6.07, 6.45) is 2.28. The zero-order chi connectivity index (χ0) is 14.7. The fourth-order valence-electron chi connectivity index (χ4n) is 2.81. The van der Waals surface area contributed by atoms with Gasteiger partial charge in [0.15, 0.2) is 0 Å². The van der Waals surface area contributed by atoms with Gasteiger partial charge in [-0.25, -0.2) is 0 Å². The van der Waals surface area contributed by atoms with Gasteiger partial charge < -0.3 is 9.84 Å². The van der Waals surface area contributed by atoms with E-state index in [0.29, 0.717) is 25.3 Å². The number of nitrogens with zero attached hydrogens (tertiary/aromatic N) is 3. The smallest absolute Gasteiger partial charge is 0.124 e. The van der Waals surface area contributed by atoms with Crippen molar-refractivity contribution in [3.63, 3.8) is 0 Å². The van der Waals surface area contributed by atoms with Crippen LogP contribution in [0.15, 0.2) is 30.5 Å². The van der Waals surface area contributed by atoms with Crippen LogP contribution < -0.4 is 0 Å². The third-order valence-corrected chi connectivity index (χ3v) is 3.96. The predicted octanol–water partition coefficient (Wildman–Crippen LogP) is 1.04. The highest BCUT2D eigenvalue weighted by Gasteiger charge is 2.39. The van der Waals surface area contributed by atoms with E-state index in [1.165, 1.54) is 11.1 Å². The van der Waals surface area contributed by atoms with E-state index in [2.05, 4.69) is 44.6 Å². The maximum absolute atomic E-state index is 10.6. The number of aromatic amines is 1. The average Bonchev–Trinajstić information content (AvgIpc) is 3.12. The van der Waals surface area contributed by atoms with Gasteiger partial charge in [-0.05, 0) is 17.5 Å². The molecule has 0 radical (unpaired) electrons. The van der Waals surface area contributed by atoms with E-state index in [9.17, 15) is 5.11 Å². The summed E-state index contributed by atoms with van der Waals surface area (Å²) in [5.74, 6) is 0. The van der Waals surface area contributed by atoms with Crippen LogP contribution in [-0.2, 0) is 23.5 Å². The Morgan fingerprint density at radius 1 is 1.33 bits per heavy atom. The first-order valence-electron chi connectivity index (χ1n) is 7.07. The van der Waals surface area contributed by atoms with Gasteiger partial charge in [0.05, 0.1) is 12.8 Å². The molecule has 1 aliphatic heterocycles. The maximum atomic E-state index is 10.6. The van der Waals surface area contributed by atoms with E-state index in [1.54, 1.807) is 13.3 Å². The van der Waals surface area contributed by atoms with Crippen molar-refractivity contribution in [2.75, 3.05) is 20.2 Å². The van der Waals surface area contributed by atoms with Crippen LogP contribution in [0.1, 0.15) is 23.2 Å². The Morgan fingerprint density at radius 3 is 2.76 bits per heavy atom. The second-order valence-corrected chi connectivity index (χ2v) is 5.60. The highest BCUT2D eigenvalue weighted by Crippen LogP contribution is 2.30. The Hall–Kier alpha value is -1.76. The average molecular weight is 288 g/mol. The van der Waals surface area contributed by atoms with Crippen molar-refractivity contribution in [3.8, 4) is 0 Å². The van der Waals surface area contributed by atoms with Crippen LogP contribution in [0.5, 0.6) is 0 Å². The highest BCUT2D eigenvalue weighted by atomic mass is 16.5. The van der Waals surface area contributed by atoms with Crippen molar-refractivity contribution in [1.82, 2.24) is 20.3 Å². The van der Waals surface area contributed by atoms with Gasteiger partial charge in [-0.1, -0.05) is 24.3 Å². The van der Waals surface area contributed by atoms with E-state index >= 15 is 0 Å². The zero-order valence-electron chi connectivity index (χ0n) is 12.1. The van der Waals surface area contributed by atoms with Crippen molar-refractivity contribution in [3.05, 3.63) is 47.3 Å². The lowest BCUT2D eigenvalue weighted by Crippen LogP contribution is -2.31. The van der Waals surface area contributed by atoms with Crippen molar-refractivity contribution in [2.45, 2.75) is 25.2 Å². The summed E-state index contributed by atoms with van der Waals surface area (Å²) < 4.78 is 5.11. The van der Waals surface area contributed by atoms with E-state index < -0.39 is 5.60 Å². The second-order valence-electron chi connectivity index (χ2n) is 5.60. The molecule has 0 spiro atoms. The Bertz CT molecular complexity index is 570. The van der Waals surface area contributed by atoms with Crippen molar-refractivity contribution in [1.29, 1.82) is 0 Å². The SMILES string of the molecule is COCc1ccc(CN2CCC(O)(c3cn[nH]n3)C2)cc1. The van der Waals surface area contributed by atoms with E-state index in [-0.39, 0.29) is 0 Å². The molecule has 2 aromatic rings. The molecule has 1 aromatic heterocycles. The van der Waals surface area contributed by atoms with Crippen LogP contribution in [0, 0.1) is 0 Å². The minimum atomic E-state index is -0.886. The first kappa shape index (κ1) is 14.2. The number of hydrogen-bond donors (Lipinski definition) is 2. The number of rotatable bonds is 5. The lowest BCUT2D eigenvalue weighted by molar-refractivity contribution is 0.0409. The number of hydrogen-bond acceptors (Lipinski definition) is 5. The molecule has 0 amide bonds. The third-order valence-electron chi connectivity index (χ3n) is 3.96. The molecule has 1 saturated heterocycles. The number of H-pyrrole nitrogens is 1. The topological polar surface area (TPSA) is 74.3 Å². The lowest BCUT2D eigenvalue weighted by atomic mass is 10.00. The number of ether oxygens (including phenoxy) is 1. The second kappa shape index (κ2) is 5.93. The largest absolute Gasteiger partial charge is 0.382 e. The quantitative estimate of drug-likeness (QED) is 0.860. The number of benzene rings is 1. The summed E-state index contributed by atoms with van der Waals surface area (Å²) in [7, 11) is 1.70. The molecule has 0 aliphatic carbocycles. The zero-order valence-corrected chi connectivity index (χ0v) is 12.1. The molecule has 21 heavy (non-hydrogen) atoms. The summed E-state index contributed by atoms with van der Waals surface area (Å²) in [5, 5.41) is 21.0. The molecule has 0 saturated carbocycles. The molecule has 0 bridgehead atoms. The van der Waals surface area contributed by atoms with Gasteiger partial charge in [-0.2, -0.15) is 15.4 Å². The van der Waals surface area contributed by atoms with E-state index in [0.717, 1.165) is 13.1 Å². The highest BCUT2D eigenvalue weighted by molar-refractivity contribution is 5.22. The summed E-state index contributed by atoms with van der Waals surface area (Å²) in [5.41, 5.74) is 2.14. The number of likely N-dealkylation sites (tertiary alicyclic amines) is 1. The lowest BCUT2D eigenvalue weighted by Gasteiger charge is -2.21. The molecule has 2 heterocycles. The van der Waals surface area contributed by atoms with Crippen LogP contribution in [0.2, 0.25) is 0 Å². The van der Waals surface area contributed by atoms with E-state index in [4.69, 9.17) is 4.74 Å². The molecule has 1 fully saturated rings. The van der Waals surface area contributed by atoms with Gasteiger partial charge in [0.25, 0.3) is 0 Å². The third kappa shape index (κ3) is 3.12. The van der Waals surface area contributed by atoms with Gasteiger partial charge >= 0.3 is 0 Å². The Labute approximate surface area is 123 Å². The van der Waals surface area contributed by atoms with Gasteiger partial charge in [-0.3, -0.25) is 4.90 Å². The monoisotopic (exact) mass is 288 g/mol. The molecule has 1 aliphatic rings. The normalized spacial score (nSPS) is 22.8. The van der Waals surface area contributed by atoms with E-state index in [1.807, 2.05) is 0 Å². The Morgan fingerprint density at radius 2 is 2.10 bits per heavy atom. The van der Waals surface area contributed by atoms with Gasteiger partial charge in [-0.15, -0.1) is 0 Å². The van der Waals surface area contributed by atoms with Crippen molar-refractivity contribution in [2.24, 2.45) is 0 Å². The molecule has 3 rings (SSSR count). The first-order chi connectivity index (χ1) is 10.2. The first-order valence-corrected chi connectivity index (χ1v) is 7.07. The van der Waals surface area contributed by atoms with Gasteiger partial charge in [0.1, 0.15) is 11.3 Å². The van der Waals surface area contributed by atoms with Crippen LogP contribution in [0.4, 0.5) is 0 Å². The predicted molar refractivity (Wildman–Crippen MR) is 77.3 cm³/mol. The summed E-state index contributed by atoms with van der Waals surface area (Å²) in [6.45, 7) is 2.89.